The predicted octanol–water partition coefficient (Wildman–Crippen LogP) is 3.46. The highest BCUT2D eigenvalue weighted by atomic mass is 35.5. The number of nitro benzene ring substituents is 1. The first-order valence-electron chi connectivity index (χ1n) is 5.29. The van der Waals surface area contributed by atoms with Gasteiger partial charge in [0.1, 0.15) is 5.69 Å². The fraction of sp³-hybridized carbons (Fsp3) is 0.455. The van der Waals surface area contributed by atoms with Crippen molar-refractivity contribution in [3.63, 3.8) is 0 Å². The van der Waals surface area contributed by atoms with Crippen LogP contribution >= 0.6 is 11.6 Å². The Kier molecular flexibility index (Phi) is 3.01. The van der Waals surface area contributed by atoms with Gasteiger partial charge in [-0.2, -0.15) is 0 Å². The van der Waals surface area contributed by atoms with Gasteiger partial charge in [0.2, 0.25) is 0 Å². The molecule has 4 nitrogen and oxygen atoms in total. The first-order chi connectivity index (χ1) is 7.59. The van der Waals surface area contributed by atoms with Crippen molar-refractivity contribution in [1.82, 2.24) is 0 Å². The quantitative estimate of drug-likeness (QED) is 0.648. The van der Waals surface area contributed by atoms with Crippen LogP contribution in [0, 0.1) is 16.0 Å². The van der Waals surface area contributed by atoms with Crippen LogP contribution in [0.15, 0.2) is 18.2 Å². The van der Waals surface area contributed by atoms with E-state index in [0.717, 1.165) is 0 Å². The summed E-state index contributed by atoms with van der Waals surface area (Å²) in [6.45, 7) is 2.03. The lowest BCUT2D eigenvalue weighted by atomic mass is 10.2. The van der Waals surface area contributed by atoms with E-state index in [1.54, 1.807) is 12.1 Å². The molecule has 1 unspecified atom stereocenters. The van der Waals surface area contributed by atoms with Gasteiger partial charge in [0.25, 0.3) is 5.69 Å². The lowest BCUT2D eigenvalue weighted by Gasteiger charge is -2.15. The molecule has 1 atom stereocenters. The number of hydrogen-bond acceptors (Lipinski definition) is 3. The summed E-state index contributed by atoms with van der Waals surface area (Å²) >= 11 is 5.98. The van der Waals surface area contributed by atoms with E-state index in [1.807, 2.05) is 6.92 Å². The van der Waals surface area contributed by atoms with E-state index in [-0.39, 0.29) is 11.7 Å². The van der Waals surface area contributed by atoms with Gasteiger partial charge in [0.05, 0.1) is 9.95 Å². The molecular formula is C11H13ClN2O2. The maximum atomic E-state index is 10.8. The van der Waals surface area contributed by atoms with Gasteiger partial charge < -0.3 is 5.32 Å². The Balaban J connectivity index is 2.26. The minimum absolute atomic E-state index is 0.0417. The van der Waals surface area contributed by atoms with Crippen LogP contribution in [-0.4, -0.2) is 11.0 Å². The van der Waals surface area contributed by atoms with Gasteiger partial charge in [-0.1, -0.05) is 17.7 Å². The van der Waals surface area contributed by atoms with Gasteiger partial charge in [0.15, 0.2) is 0 Å². The molecule has 1 aliphatic carbocycles. The molecule has 1 fully saturated rings. The van der Waals surface area contributed by atoms with Crippen molar-refractivity contribution >= 4 is 23.0 Å². The molecule has 2 rings (SSSR count). The zero-order valence-corrected chi connectivity index (χ0v) is 9.70. The number of benzene rings is 1. The van der Waals surface area contributed by atoms with Crippen LogP contribution in [0.1, 0.15) is 19.8 Å². The van der Waals surface area contributed by atoms with Crippen LogP contribution in [0.5, 0.6) is 0 Å². The zero-order chi connectivity index (χ0) is 11.7. The van der Waals surface area contributed by atoms with Crippen LogP contribution in [0.2, 0.25) is 5.02 Å². The first-order valence-corrected chi connectivity index (χ1v) is 5.67. The third kappa shape index (κ3) is 2.27. The summed E-state index contributed by atoms with van der Waals surface area (Å²) in [6, 6.07) is 4.95. The topological polar surface area (TPSA) is 55.2 Å². The Hall–Kier alpha value is -1.29. The summed E-state index contributed by atoms with van der Waals surface area (Å²) in [4.78, 5) is 10.4. The summed E-state index contributed by atoms with van der Waals surface area (Å²) < 4.78 is 0. The van der Waals surface area contributed by atoms with Gasteiger partial charge in [-0.3, -0.25) is 10.1 Å². The van der Waals surface area contributed by atoms with E-state index >= 15 is 0 Å². The molecule has 0 amide bonds. The highest BCUT2D eigenvalue weighted by molar-refractivity contribution is 6.33. The molecule has 0 spiro atoms. The van der Waals surface area contributed by atoms with E-state index in [4.69, 9.17) is 11.6 Å². The first kappa shape index (κ1) is 11.2. The van der Waals surface area contributed by atoms with Gasteiger partial charge in [0, 0.05) is 12.1 Å². The SMILES string of the molecule is CC(Nc1c(Cl)cccc1[N+](=O)[O-])C1CC1. The van der Waals surface area contributed by atoms with E-state index in [0.29, 0.717) is 16.6 Å². The fourth-order valence-corrected chi connectivity index (χ4v) is 1.97. The van der Waals surface area contributed by atoms with Crippen LogP contribution < -0.4 is 5.32 Å². The normalized spacial score (nSPS) is 16.9. The second-order valence-electron chi connectivity index (χ2n) is 4.16. The third-order valence-electron chi connectivity index (χ3n) is 2.89. The van der Waals surface area contributed by atoms with Crippen molar-refractivity contribution in [3.05, 3.63) is 33.3 Å². The van der Waals surface area contributed by atoms with Crippen LogP contribution in [0.3, 0.4) is 0 Å². The molecule has 0 heterocycles. The van der Waals surface area contributed by atoms with E-state index in [9.17, 15) is 10.1 Å². The number of rotatable bonds is 4. The van der Waals surface area contributed by atoms with Crippen LogP contribution in [0.25, 0.3) is 0 Å². The number of para-hydroxylation sites is 1. The second kappa shape index (κ2) is 4.29. The van der Waals surface area contributed by atoms with Crippen molar-refractivity contribution < 1.29 is 4.92 Å². The minimum Gasteiger partial charge on any atom is -0.376 e. The Labute approximate surface area is 98.8 Å². The summed E-state index contributed by atoms with van der Waals surface area (Å²) in [7, 11) is 0. The molecule has 1 aliphatic rings. The molecule has 0 aromatic heterocycles. The van der Waals surface area contributed by atoms with E-state index in [1.165, 1.54) is 18.9 Å². The number of nitro groups is 1. The molecule has 86 valence electrons. The summed E-state index contributed by atoms with van der Waals surface area (Å²) in [5, 5.41) is 14.4. The lowest BCUT2D eigenvalue weighted by molar-refractivity contribution is -0.384. The van der Waals surface area contributed by atoms with Gasteiger partial charge in [-0.05, 0) is 31.7 Å². The van der Waals surface area contributed by atoms with Gasteiger partial charge in [-0.15, -0.1) is 0 Å². The maximum absolute atomic E-state index is 10.8. The predicted molar refractivity (Wildman–Crippen MR) is 63.9 cm³/mol. The summed E-state index contributed by atoms with van der Waals surface area (Å²) in [5.41, 5.74) is 0.480. The smallest absolute Gasteiger partial charge is 0.293 e. The monoisotopic (exact) mass is 240 g/mol. The Bertz CT molecular complexity index is 418. The second-order valence-corrected chi connectivity index (χ2v) is 4.57. The van der Waals surface area contributed by atoms with Crippen LogP contribution in [-0.2, 0) is 0 Å². The Morgan fingerprint density at radius 1 is 1.56 bits per heavy atom. The molecule has 1 saturated carbocycles. The van der Waals surface area contributed by atoms with Crippen molar-refractivity contribution in [1.29, 1.82) is 0 Å². The number of nitrogens with zero attached hydrogens (tertiary/aromatic N) is 1. The van der Waals surface area contributed by atoms with E-state index < -0.39 is 4.92 Å². The number of nitrogens with one attached hydrogen (secondary N) is 1. The lowest BCUT2D eigenvalue weighted by Crippen LogP contribution is -2.18. The molecule has 1 N–H and O–H groups in total. The molecular weight excluding hydrogens is 228 g/mol. The highest BCUT2D eigenvalue weighted by Crippen LogP contribution is 2.38. The number of hydrogen-bond donors (Lipinski definition) is 1. The van der Waals surface area contributed by atoms with Crippen molar-refractivity contribution in [2.24, 2.45) is 5.92 Å². The number of halogens is 1. The van der Waals surface area contributed by atoms with E-state index in [2.05, 4.69) is 5.32 Å². The third-order valence-corrected chi connectivity index (χ3v) is 3.20. The fourth-order valence-electron chi connectivity index (χ4n) is 1.75. The molecule has 0 aliphatic heterocycles. The van der Waals surface area contributed by atoms with Crippen LogP contribution in [0.4, 0.5) is 11.4 Å². The average Bonchev–Trinajstić information content (AvgIpc) is 3.03. The number of anilines is 1. The highest BCUT2D eigenvalue weighted by Gasteiger charge is 2.29. The largest absolute Gasteiger partial charge is 0.376 e. The zero-order valence-electron chi connectivity index (χ0n) is 8.94. The molecule has 0 saturated heterocycles. The minimum atomic E-state index is -0.409. The summed E-state index contributed by atoms with van der Waals surface area (Å²) in [6.07, 6.45) is 2.37. The van der Waals surface area contributed by atoms with Gasteiger partial charge in [-0.25, -0.2) is 0 Å². The summed E-state index contributed by atoms with van der Waals surface area (Å²) in [5.74, 6) is 0.621. The molecule has 16 heavy (non-hydrogen) atoms. The molecule has 0 bridgehead atoms. The van der Waals surface area contributed by atoms with Crippen molar-refractivity contribution in [2.45, 2.75) is 25.8 Å². The molecule has 5 heteroatoms. The molecule has 0 radical (unpaired) electrons. The van der Waals surface area contributed by atoms with Crippen molar-refractivity contribution in [3.8, 4) is 0 Å². The van der Waals surface area contributed by atoms with Crippen molar-refractivity contribution in [2.75, 3.05) is 5.32 Å². The molecule has 1 aromatic carbocycles. The average molecular weight is 241 g/mol. The molecule has 1 aromatic rings. The maximum Gasteiger partial charge on any atom is 0.293 e. The Morgan fingerprint density at radius 2 is 2.25 bits per heavy atom. The standard InChI is InChI=1S/C11H13ClN2O2/c1-7(8-5-6-8)13-11-9(12)3-2-4-10(11)14(15)16/h2-4,7-8,13H,5-6H2,1H3. The van der Waals surface area contributed by atoms with Gasteiger partial charge >= 0.3 is 0 Å². The Morgan fingerprint density at radius 3 is 2.81 bits per heavy atom.